The number of hydrogen-bond donors (Lipinski definition) is 2. The summed E-state index contributed by atoms with van der Waals surface area (Å²) in [5.74, 6) is 4.07. The Kier molecular flexibility index (Phi) is 4.70. The fraction of sp³-hybridized carbons (Fsp3) is 0.667. The van der Waals surface area contributed by atoms with Crippen molar-refractivity contribution >= 4 is 16.7 Å². The highest BCUT2D eigenvalue weighted by molar-refractivity contribution is 5.88. The number of piperazine rings is 1. The molecule has 2 aromatic rings. The molecule has 0 radical (unpaired) electrons. The summed E-state index contributed by atoms with van der Waals surface area (Å²) in [6, 6.07) is 9.26. The smallest absolute Gasteiger partial charge is 0.145 e. The number of benzene rings is 1. The first-order valence-corrected chi connectivity index (χ1v) is 11.9. The van der Waals surface area contributed by atoms with Gasteiger partial charge in [0.05, 0.1) is 12.1 Å². The van der Waals surface area contributed by atoms with Gasteiger partial charge in [0.2, 0.25) is 0 Å². The molecular formula is C24H34N6. The van der Waals surface area contributed by atoms with Crippen molar-refractivity contribution in [2.75, 3.05) is 51.6 Å². The molecule has 1 aromatic carbocycles. The standard InChI is InChI=1S/C24H34N6/c1-25-7-4-8-26-23-18-5-2-3-6-20(18)27-22(28-23)16-29-9-11-30(12-10-29)21-13-17-14-24(17)15-19(21)24/h2-3,5-6,17,19,21,25H,4,7-16H2,1H3,(H,26,27,28)/t17-,19-,21?,24?/m1/s1. The van der Waals surface area contributed by atoms with Crippen LogP contribution >= 0.6 is 0 Å². The number of nitrogens with one attached hydrogen (secondary N) is 2. The van der Waals surface area contributed by atoms with E-state index in [-0.39, 0.29) is 0 Å². The molecule has 1 aliphatic heterocycles. The molecule has 1 spiro atoms. The molecule has 6 rings (SSSR count). The summed E-state index contributed by atoms with van der Waals surface area (Å²) < 4.78 is 0. The van der Waals surface area contributed by atoms with Crippen molar-refractivity contribution in [2.24, 2.45) is 17.3 Å². The van der Waals surface area contributed by atoms with E-state index in [2.05, 4.69) is 44.7 Å². The molecule has 2 unspecified atom stereocenters. The number of nitrogens with zero attached hydrogens (tertiary/aromatic N) is 4. The van der Waals surface area contributed by atoms with Gasteiger partial charge in [-0.25, -0.2) is 9.97 Å². The Hall–Kier alpha value is -1.76. The molecule has 3 saturated carbocycles. The minimum atomic E-state index is 0.852. The topological polar surface area (TPSA) is 56.3 Å². The maximum Gasteiger partial charge on any atom is 0.145 e. The third-order valence-electron chi connectivity index (χ3n) is 8.23. The third kappa shape index (κ3) is 3.29. The van der Waals surface area contributed by atoms with Crippen LogP contribution in [0.4, 0.5) is 5.82 Å². The van der Waals surface area contributed by atoms with Gasteiger partial charge < -0.3 is 10.6 Å². The van der Waals surface area contributed by atoms with Crippen LogP contribution in [0.3, 0.4) is 0 Å². The number of hydrogen-bond acceptors (Lipinski definition) is 6. The molecule has 30 heavy (non-hydrogen) atoms. The van der Waals surface area contributed by atoms with Crippen molar-refractivity contribution in [1.29, 1.82) is 0 Å². The normalized spacial score (nSPS) is 32.8. The first kappa shape index (κ1) is 19.0. The van der Waals surface area contributed by atoms with E-state index in [1.165, 1.54) is 25.9 Å². The Bertz CT molecular complexity index is 923. The van der Waals surface area contributed by atoms with Crippen LogP contribution in [-0.2, 0) is 6.54 Å². The van der Waals surface area contributed by atoms with Crippen LogP contribution in [0.1, 0.15) is 31.5 Å². The van der Waals surface area contributed by atoms with E-state index in [0.29, 0.717) is 0 Å². The summed E-state index contributed by atoms with van der Waals surface area (Å²) in [5, 5.41) is 7.87. The lowest BCUT2D eigenvalue weighted by molar-refractivity contribution is 0.0802. The van der Waals surface area contributed by atoms with Crippen molar-refractivity contribution in [3.8, 4) is 0 Å². The summed E-state index contributed by atoms with van der Waals surface area (Å²) in [6.07, 6.45) is 5.66. The zero-order valence-electron chi connectivity index (χ0n) is 18.1. The second kappa shape index (κ2) is 7.43. The highest BCUT2D eigenvalue weighted by atomic mass is 15.3. The maximum atomic E-state index is 4.92. The van der Waals surface area contributed by atoms with Crippen LogP contribution in [0.15, 0.2) is 24.3 Å². The van der Waals surface area contributed by atoms with Crippen LogP contribution in [0.5, 0.6) is 0 Å². The SMILES string of the molecule is CNCCCNc1nc(CN2CCN(C3C[C@@H]4CC45C[C@H]35)CC2)nc2ccccc12. The van der Waals surface area contributed by atoms with Gasteiger partial charge in [-0.3, -0.25) is 9.80 Å². The number of fused-ring (bicyclic) bond motifs is 1. The van der Waals surface area contributed by atoms with Gasteiger partial charge in [0, 0.05) is 44.2 Å². The minimum Gasteiger partial charge on any atom is -0.369 e. The summed E-state index contributed by atoms with van der Waals surface area (Å²) in [5.41, 5.74) is 1.90. The van der Waals surface area contributed by atoms with Gasteiger partial charge in [-0.15, -0.1) is 0 Å². The highest BCUT2D eigenvalue weighted by Gasteiger charge is 2.77. The molecule has 4 fully saturated rings. The Morgan fingerprint density at radius 2 is 1.93 bits per heavy atom. The number of aromatic nitrogens is 2. The summed E-state index contributed by atoms with van der Waals surface area (Å²) in [4.78, 5) is 15.2. The summed E-state index contributed by atoms with van der Waals surface area (Å²) >= 11 is 0. The van der Waals surface area contributed by atoms with Gasteiger partial charge in [0.1, 0.15) is 11.6 Å². The van der Waals surface area contributed by atoms with E-state index in [1.54, 1.807) is 6.42 Å². The predicted molar refractivity (Wildman–Crippen MR) is 120 cm³/mol. The average molecular weight is 407 g/mol. The molecular weight excluding hydrogens is 372 g/mol. The number of para-hydroxylation sites is 1. The monoisotopic (exact) mass is 406 g/mol. The van der Waals surface area contributed by atoms with E-state index in [0.717, 1.165) is 85.0 Å². The Morgan fingerprint density at radius 3 is 2.70 bits per heavy atom. The molecule has 2 heterocycles. The molecule has 0 bridgehead atoms. The Balaban J connectivity index is 1.10. The van der Waals surface area contributed by atoms with Crippen molar-refractivity contribution < 1.29 is 0 Å². The van der Waals surface area contributed by atoms with Crippen molar-refractivity contribution in [1.82, 2.24) is 25.1 Å². The lowest BCUT2D eigenvalue weighted by atomic mass is 10.1. The number of rotatable bonds is 8. The molecule has 3 aliphatic carbocycles. The average Bonchev–Trinajstić information content (AvgIpc) is 3.66. The zero-order chi connectivity index (χ0) is 20.1. The van der Waals surface area contributed by atoms with Gasteiger partial charge in [0.25, 0.3) is 0 Å². The maximum absolute atomic E-state index is 4.92. The number of anilines is 1. The van der Waals surface area contributed by atoms with Crippen LogP contribution < -0.4 is 10.6 Å². The lowest BCUT2D eigenvalue weighted by Gasteiger charge is -2.39. The molecule has 160 valence electrons. The van der Waals surface area contributed by atoms with E-state index in [4.69, 9.17) is 9.97 Å². The van der Waals surface area contributed by atoms with Gasteiger partial charge >= 0.3 is 0 Å². The van der Waals surface area contributed by atoms with Gasteiger partial charge in [-0.05, 0) is 68.7 Å². The minimum absolute atomic E-state index is 0.852. The first-order chi connectivity index (χ1) is 14.8. The lowest BCUT2D eigenvalue weighted by Crippen LogP contribution is -2.50. The Labute approximate surface area is 179 Å². The second-order valence-corrected chi connectivity index (χ2v) is 9.95. The first-order valence-electron chi connectivity index (χ1n) is 11.9. The second-order valence-electron chi connectivity index (χ2n) is 9.95. The van der Waals surface area contributed by atoms with E-state index in [9.17, 15) is 0 Å². The fourth-order valence-electron chi connectivity index (χ4n) is 6.41. The predicted octanol–water partition coefficient (Wildman–Crippen LogP) is 2.57. The van der Waals surface area contributed by atoms with Crippen LogP contribution in [-0.4, -0.2) is 72.1 Å². The highest BCUT2D eigenvalue weighted by Crippen LogP contribution is 2.82. The van der Waals surface area contributed by atoms with Crippen molar-refractivity contribution in [3.05, 3.63) is 30.1 Å². The molecule has 6 nitrogen and oxygen atoms in total. The molecule has 1 saturated heterocycles. The van der Waals surface area contributed by atoms with E-state index >= 15 is 0 Å². The molecule has 4 atom stereocenters. The van der Waals surface area contributed by atoms with Gasteiger partial charge in [-0.1, -0.05) is 12.1 Å². The van der Waals surface area contributed by atoms with E-state index < -0.39 is 0 Å². The van der Waals surface area contributed by atoms with Crippen LogP contribution in [0.2, 0.25) is 0 Å². The zero-order valence-corrected chi connectivity index (χ0v) is 18.1. The Morgan fingerprint density at radius 1 is 1.07 bits per heavy atom. The van der Waals surface area contributed by atoms with Gasteiger partial charge in [-0.2, -0.15) is 0 Å². The van der Waals surface area contributed by atoms with Crippen LogP contribution in [0.25, 0.3) is 10.9 Å². The molecule has 6 heteroatoms. The quantitative estimate of drug-likeness (QED) is 0.657. The summed E-state index contributed by atoms with van der Waals surface area (Å²) in [7, 11) is 2.00. The molecule has 0 amide bonds. The largest absolute Gasteiger partial charge is 0.369 e. The molecule has 1 aromatic heterocycles. The molecule has 4 aliphatic rings. The molecule has 2 N–H and O–H groups in total. The fourth-order valence-corrected chi connectivity index (χ4v) is 6.41. The van der Waals surface area contributed by atoms with E-state index in [1.807, 2.05) is 7.05 Å². The van der Waals surface area contributed by atoms with Crippen molar-refractivity contribution in [3.63, 3.8) is 0 Å². The summed E-state index contributed by atoms with van der Waals surface area (Å²) in [6.45, 7) is 7.50. The van der Waals surface area contributed by atoms with Crippen LogP contribution in [0, 0.1) is 17.3 Å². The van der Waals surface area contributed by atoms with Gasteiger partial charge in [0.15, 0.2) is 0 Å². The third-order valence-corrected chi connectivity index (χ3v) is 8.23. The van der Waals surface area contributed by atoms with Crippen molar-refractivity contribution in [2.45, 2.75) is 38.3 Å².